The average Bonchev–Trinajstić information content (AvgIpc) is 2.78. The van der Waals surface area contributed by atoms with Crippen molar-refractivity contribution in [3.63, 3.8) is 0 Å². The minimum absolute atomic E-state index is 0.486. The van der Waals surface area contributed by atoms with Gasteiger partial charge in [0, 0.05) is 12.3 Å². The van der Waals surface area contributed by atoms with Gasteiger partial charge in [0.05, 0.1) is 25.2 Å². The summed E-state index contributed by atoms with van der Waals surface area (Å²) >= 11 is 0. The number of rotatable bonds is 3. The number of pyridine rings is 1. The molecule has 0 saturated carbocycles. The standard InChI is InChI=1S/C12H15N3O/c1-9(2)10-6-14-15(8-10)11-4-5-12(16-3)13-7-11/h4-9H,1-3H3. The first-order valence-corrected chi connectivity index (χ1v) is 5.25. The molecule has 0 saturated heterocycles. The largest absolute Gasteiger partial charge is 0.481 e. The highest BCUT2D eigenvalue weighted by atomic mass is 16.5. The molecule has 2 heterocycles. The average molecular weight is 217 g/mol. The summed E-state index contributed by atoms with van der Waals surface area (Å²) in [4.78, 5) is 4.14. The molecular formula is C12H15N3O. The van der Waals surface area contributed by atoms with Gasteiger partial charge < -0.3 is 4.74 Å². The van der Waals surface area contributed by atoms with Crippen molar-refractivity contribution in [1.29, 1.82) is 0 Å². The lowest BCUT2D eigenvalue weighted by molar-refractivity contribution is 0.397. The first-order valence-electron chi connectivity index (χ1n) is 5.25. The third-order valence-corrected chi connectivity index (χ3v) is 2.46. The van der Waals surface area contributed by atoms with E-state index in [1.807, 2.05) is 29.2 Å². The Bertz CT molecular complexity index is 459. The molecule has 2 aromatic heterocycles. The van der Waals surface area contributed by atoms with Crippen LogP contribution < -0.4 is 4.74 Å². The molecule has 0 spiro atoms. The predicted molar refractivity (Wildman–Crippen MR) is 62.0 cm³/mol. The van der Waals surface area contributed by atoms with Crippen molar-refractivity contribution >= 4 is 0 Å². The van der Waals surface area contributed by atoms with Crippen molar-refractivity contribution in [2.75, 3.05) is 7.11 Å². The van der Waals surface area contributed by atoms with Crippen molar-refractivity contribution in [1.82, 2.24) is 14.8 Å². The van der Waals surface area contributed by atoms with Crippen LogP contribution in [0, 0.1) is 0 Å². The van der Waals surface area contributed by atoms with E-state index in [1.165, 1.54) is 5.56 Å². The quantitative estimate of drug-likeness (QED) is 0.792. The van der Waals surface area contributed by atoms with Crippen LogP contribution in [0.15, 0.2) is 30.7 Å². The molecule has 0 aromatic carbocycles. The normalized spacial score (nSPS) is 10.8. The smallest absolute Gasteiger partial charge is 0.213 e. The van der Waals surface area contributed by atoms with Gasteiger partial charge in [-0.3, -0.25) is 0 Å². The Morgan fingerprint density at radius 3 is 2.56 bits per heavy atom. The summed E-state index contributed by atoms with van der Waals surface area (Å²) in [5.74, 6) is 1.10. The number of aromatic nitrogens is 3. The van der Waals surface area contributed by atoms with Gasteiger partial charge in [0.15, 0.2) is 0 Å². The van der Waals surface area contributed by atoms with E-state index >= 15 is 0 Å². The van der Waals surface area contributed by atoms with E-state index < -0.39 is 0 Å². The lowest BCUT2D eigenvalue weighted by Gasteiger charge is -2.02. The van der Waals surface area contributed by atoms with Gasteiger partial charge >= 0.3 is 0 Å². The SMILES string of the molecule is COc1ccc(-n2cc(C(C)C)cn2)cn1. The van der Waals surface area contributed by atoms with Crippen LogP contribution in [0.25, 0.3) is 5.69 Å². The van der Waals surface area contributed by atoms with Crippen molar-refractivity contribution in [3.05, 3.63) is 36.3 Å². The summed E-state index contributed by atoms with van der Waals surface area (Å²) in [6, 6.07) is 3.76. The van der Waals surface area contributed by atoms with Gasteiger partial charge in [-0.2, -0.15) is 5.10 Å². The molecule has 0 unspecified atom stereocenters. The Kier molecular flexibility index (Phi) is 2.90. The maximum atomic E-state index is 5.01. The van der Waals surface area contributed by atoms with Crippen molar-refractivity contribution < 1.29 is 4.74 Å². The van der Waals surface area contributed by atoms with Crippen LogP contribution in [-0.2, 0) is 0 Å². The van der Waals surface area contributed by atoms with Gasteiger partial charge in [-0.25, -0.2) is 9.67 Å². The molecule has 84 valence electrons. The minimum atomic E-state index is 0.486. The fraction of sp³-hybridized carbons (Fsp3) is 0.333. The highest BCUT2D eigenvalue weighted by Gasteiger charge is 2.04. The molecule has 0 bridgehead atoms. The molecule has 0 radical (unpaired) electrons. The minimum Gasteiger partial charge on any atom is -0.481 e. The molecular weight excluding hydrogens is 202 g/mol. The van der Waals surface area contributed by atoms with E-state index in [2.05, 4.69) is 23.9 Å². The van der Waals surface area contributed by atoms with Crippen LogP contribution in [0.1, 0.15) is 25.3 Å². The van der Waals surface area contributed by atoms with E-state index in [0.717, 1.165) is 5.69 Å². The fourth-order valence-corrected chi connectivity index (χ4v) is 1.40. The zero-order valence-electron chi connectivity index (χ0n) is 9.71. The topological polar surface area (TPSA) is 39.9 Å². The van der Waals surface area contributed by atoms with E-state index in [-0.39, 0.29) is 0 Å². The van der Waals surface area contributed by atoms with Crippen LogP contribution in [0.2, 0.25) is 0 Å². The Morgan fingerprint density at radius 2 is 2.06 bits per heavy atom. The molecule has 4 nitrogen and oxygen atoms in total. The second-order valence-corrected chi connectivity index (χ2v) is 3.93. The first kappa shape index (κ1) is 10.7. The Hall–Kier alpha value is -1.84. The third-order valence-electron chi connectivity index (χ3n) is 2.46. The van der Waals surface area contributed by atoms with Crippen LogP contribution in [0.5, 0.6) is 5.88 Å². The number of hydrogen-bond donors (Lipinski definition) is 0. The first-order chi connectivity index (χ1) is 7.70. The third kappa shape index (κ3) is 2.05. The summed E-state index contributed by atoms with van der Waals surface area (Å²) in [5, 5.41) is 4.30. The zero-order chi connectivity index (χ0) is 11.5. The molecule has 2 aromatic rings. The van der Waals surface area contributed by atoms with E-state index in [0.29, 0.717) is 11.8 Å². The van der Waals surface area contributed by atoms with E-state index in [4.69, 9.17) is 4.74 Å². The molecule has 0 N–H and O–H groups in total. The van der Waals surface area contributed by atoms with E-state index in [1.54, 1.807) is 13.3 Å². The summed E-state index contributed by atoms with van der Waals surface area (Å²) in [6.07, 6.45) is 5.65. The number of methoxy groups -OCH3 is 1. The Balaban J connectivity index is 2.28. The molecule has 4 heteroatoms. The Morgan fingerprint density at radius 1 is 1.25 bits per heavy atom. The Labute approximate surface area is 94.9 Å². The molecule has 2 rings (SSSR count). The van der Waals surface area contributed by atoms with Crippen molar-refractivity contribution in [3.8, 4) is 11.6 Å². The van der Waals surface area contributed by atoms with Gasteiger partial charge in [-0.05, 0) is 17.5 Å². The van der Waals surface area contributed by atoms with Gasteiger partial charge in [0.25, 0.3) is 0 Å². The second kappa shape index (κ2) is 4.35. The van der Waals surface area contributed by atoms with Crippen LogP contribution in [-0.4, -0.2) is 21.9 Å². The second-order valence-electron chi connectivity index (χ2n) is 3.93. The van der Waals surface area contributed by atoms with Crippen molar-refractivity contribution in [2.24, 2.45) is 0 Å². The predicted octanol–water partition coefficient (Wildman–Crippen LogP) is 2.40. The van der Waals surface area contributed by atoms with Crippen LogP contribution in [0.4, 0.5) is 0 Å². The van der Waals surface area contributed by atoms with Crippen LogP contribution >= 0.6 is 0 Å². The summed E-state index contributed by atoms with van der Waals surface area (Å²) in [6.45, 7) is 4.29. The molecule has 0 amide bonds. The zero-order valence-corrected chi connectivity index (χ0v) is 9.71. The van der Waals surface area contributed by atoms with Crippen molar-refractivity contribution in [2.45, 2.75) is 19.8 Å². The van der Waals surface area contributed by atoms with Gasteiger partial charge in [-0.15, -0.1) is 0 Å². The maximum Gasteiger partial charge on any atom is 0.213 e. The summed E-state index contributed by atoms with van der Waals surface area (Å²) < 4.78 is 6.83. The molecule has 0 aliphatic carbocycles. The van der Waals surface area contributed by atoms with Gasteiger partial charge in [0.1, 0.15) is 0 Å². The molecule has 0 aliphatic heterocycles. The number of hydrogen-bond acceptors (Lipinski definition) is 3. The van der Waals surface area contributed by atoms with Gasteiger partial charge in [-0.1, -0.05) is 13.8 Å². The highest BCUT2D eigenvalue weighted by molar-refractivity contribution is 5.31. The number of ether oxygens (including phenoxy) is 1. The molecule has 0 aliphatic rings. The fourth-order valence-electron chi connectivity index (χ4n) is 1.40. The molecule has 0 atom stereocenters. The summed E-state index contributed by atoms with van der Waals surface area (Å²) in [5.41, 5.74) is 2.16. The van der Waals surface area contributed by atoms with Gasteiger partial charge in [0.2, 0.25) is 5.88 Å². The lowest BCUT2D eigenvalue weighted by Crippen LogP contribution is -1.96. The molecule has 0 fully saturated rings. The lowest BCUT2D eigenvalue weighted by atomic mass is 10.1. The summed E-state index contributed by atoms with van der Waals surface area (Å²) in [7, 11) is 1.60. The highest BCUT2D eigenvalue weighted by Crippen LogP contribution is 2.16. The maximum absolute atomic E-state index is 5.01. The monoisotopic (exact) mass is 217 g/mol. The number of nitrogens with zero attached hydrogens (tertiary/aromatic N) is 3. The van der Waals surface area contributed by atoms with Crippen LogP contribution in [0.3, 0.4) is 0 Å². The molecule has 16 heavy (non-hydrogen) atoms. The van der Waals surface area contributed by atoms with E-state index in [9.17, 15) is 0 Å².